The number of carbonyl (C=O) groups excluding carboxylic acids is 1. The number of ether oxygens (including phenoxy) is 1. The van der Waals surface area contributed by atoms with Crippen molar-refractivity contribution in [2.45, 2.75) is 25.2 Å². The number of amides is 1. The molecule has 0 unspecified atom stereocenters. The summed E-state index contributed by atoms with van der Waals surface area (Å²) in [6, 6.07) is 3.71. The van der Waals surface area contributed by atoms with Gasteiger partial charge in [-0.05, 0) is 18.1 Å². The molecule has 1 aromatic rings. The van der Waals surface area contributed by atoms with Crippen molar-refractivity contribution in [1.29, 1.82) is 0 Å². The molecule has 2 fully saturated rings. The zero-order chi connectivity index (χ0) is 15.7. The Morgan fingerprint density at radius 1 is 1.50 bits per heavy atom. The first-order chi connectivity index (χ1) is 10.4. The predicted octanol–water partition coefficient (Wildman–Crippen LogP) is -0.253. The Morgan fingerprint density at radius 3 is 3.00 bits per heavy atom. The van der Waals surface area contributed by atoms with Crippen molar-refractivity contribution in [3.05, 3.63) is 30.1 Å². The van der Waals surface area contributed by atoms with Gasteiger partial charge in [-0.3, -0.25) is 9.78 Å². The molecule has 2 bridgehead atoms. The number of nitrogens with one attached hydrogen (secondary N) is 1. The standard InChI is InChI=1S/C14H19N3O4S/c1-22(19,20)17-8-11-5-12(13(9-17)21-11)14(18)16-7-10-3-2-4-15-6-10/h2-4,6,11-13H,5,7-9H2,1H3,(H,16,18)/t11-,12+,13-/m0/s1. The summed E-state index contributed by atoms with van der Waals surface area (Å²) in [4.78, 5) is 16.3. The fourth-order valence-electron chi connectivity index (χ4n) is 2.99. The normalized spacial score (nSPS) is 28.5. The number of hydrogen-bond donors (Lipinski definition) is 1. The molecule has 3 heterocycles. The molecule has 0 aliphatic carbocycles. The zero-order valence-electron chi connectivity index (χ0n) is 12.3. The summed E-state index contributed by atoms with van der Waals surface area (Å²) in [6.45, 7) is 0.998. The molecule has 3 rings (SSSR count). The maximum absolute atomic E-state index is 12.3. The monoisotopic (exact) mass is 325 g/mol. The Balaban J connectivity index is 1.60. The molecule has 0 spiro atoms. The van der Waals surface area contributed by atoms with Crippen molar-refractivity contribution in [3.8, 4) is 0 Å². The second-order valence-electron chi connectivity index (χ2n) is 5.80. The van der Waals surface area contributed by atoms with E-state index in [9.17, 15) is 13.2 Å². The summed E-state index contributed by atoms with van der Waals surface area (Å²) in [5.74, 6) is -0.389. The lowest BCUT2D eigenvalue weighted by molar-refractivity contribution is -0.127. The van der Waals surface area contributed by atoms with Gasteiger partial charge in [0.1, 0.15) is 0 Å². The van der Waals surface area contributed by atoms with Gasteiger partial charge in [0, 0.05) is 32.0 Å². The Morgan fingerprint density at radius 2 is 2.32 bits per heavy atom. The fourth-order valence-corrected chi connectivity index (χ4v) is 3.85. The number of aromatic nitrogens is 1. The summed E-state index contributed by atoms with van der Waals surface area (Å²) in [5, 5.41) is 2.88. The zero-order valence-corrected chi connectivity index (χ0v) is 13.1. The molecule has 120 valence electrons. The fraction of sp³-hybridized carbons (Fsp3) is 0.571. The number of hydrogen-bond acceptors (Lipinski definition) is 5. The quantitative estimate of drug-likeness (QED) is 0.824. The predicted molar refractivity (Wildman–Crippen MR) is 79.3 cm³/mol. The van der Waals surface area contributed by atoms with Crippen LogP contribution < -0.4 is 5.32 Å². The van der Waals surface area contributed by atoms with E-state index in [1.54, 1.807) is 12.4 Å². The van der Waals surface area contributed by atoms with Crippen LogP contribution in [0.25, 0.3) is 0 Å². The van der Waals surface area contributed by atoms with E-state index in [2.05, 4.69) is 10.3 Å². The summed E-state index contributed by atoms with van der Waals surface area (Å²) in [5.41, 5.74) is 0.926. The number of carbonyl (C=O) groups is 1. The summed E-state index contributed by atoms with van der Waals surface area (Å²) < 4.78 is 30.4. The van der Waals surface area contributed by atoms with Crippen LogP contribution in [0.1, 0.15) is 12.0 Å². The Bertz CT molecular complexity index is 649. The third-order valence-corrected chi connectivity index (χ3v) is 5.36. The highest BCUT2D eigenvalue weighted by molar-refractivity contribution is 7.88. The Labute approximate surface area is 129 Å². The SMILES string of the molecule is CS(=O)(=O)N1C[C@@H]2C[C@@H](C(=O)NCc3cccnc3)[C@H](C1)O2. The van der Waals surface area contributed by atoms with Crippen molar-refractivity contribution in [2.75, 3.05) is 19.3 Å². The molecular formula is C14H19N3O4S. The van der Waals surface area contributed by atoms with Gasteiger partial charge in [-0.25, -0.2) is 8.42 Å². The van der Waals surface area contributed by atoms with Crippen LogP contribution in [0, 0.1) is 5.92 Å². The molecule has 2 aliphatic rings. The molecule has 7 nitrogen and oxygen atoms in total. The second kappa shape index (κ2) is 5.94. The summed E-state index contributed by atoms with van der Waals surface area (Å²) in [7, 11) is -3.24. The lowest BCUT2D eigenvalue weighted by atomic mass is 9.99. The summed E-state index contributed by atoms with van der Waals surface area (Å²) >= 11 is 0. The molecule has 1 amide bonds. The van der Waals surface area contributed by atoms with Crippen LogP contribution >= 0.6 is 0 Å². The molecule has 0 saturated carbocycles. The minimum atomic E-state index is -3.24. The molecule has 3 atom stereocenters. The first-order valence-electron chi connectivity index (χ1n) is 7.20. The first kappa shape index (κ1) is 15.4. The van der Waals surface area contributed by atoms with Crippen molar-refractivity contribution < 1.29 is 17.9 Å². The molecule has 8 heteroatoms. The lowest BCUT2D eigenvalue weighted by Crippen LogP contribution is -2.47. The lowest BCUT2D eigenvalue weighted by Gasteiger charge is -2.30. The number of rotatable bonds is 4. The molecule has 2 aliphatic heterocycles. The van der Waals surface area contributed by atoms with Crippen molar-refractivity contribution >= 4 is 15.9 Å². The number of morpholine rings is 1. The molecule has 0 aromatic carbocycles. The largest absolute Gasteiger partial charge is 0.371 e. The highest BCUT2D eigenvalue weighted by atomic mass is 32.2. The van der Waals surface area contributed by atoms with Crippen LogP contribution in [0.2, 0.25) is 0 Å². The van der Waals surface area contributed by atoms with Crippen LogP contribution in [0.3, 0.4) is 0 Å². The molecule has 0 radical (unpaired) electrons. The van der Waals surface area contributed by atoms with Gasteiger partial charge in [-0.15, -0.1) is 0 Å². The van der Waals surface area contributed by atoms with Crippen molar-refractivity contribution in [1.82, 2.24) is 14.6 Å². The van der Waals surface area contributed by atoms with E-state index in [0.717, 1.165) is 5.56 Å². The number of pyridine rings is 1. The van der Waals surface area contributed by atoms with Gasteiger partial charge in [0.25, 0.3) is 0 Å². The van der Waals surface area contributed by atoms with Crippen LogP contribution in [-0.4, -0.2) is 55.2 Å². The summed E-state index contributed by atoms with van der Waals surface area (Å²) in [6.07, 6.45) is 4.59. The maximum atomic E-state index is 12.3. The van der Waals surface area contributed by atoms with Crippen LogP contribution in [-0.2, 0) is 26.1 Å². The molecular weight excluding hydrogens is 306 g/mol. The van der Waals surface area contributed by atoms with Crippen LogP contribution in [0.5, 0.6) is 0 Å². The van der Waals surface area contributed by atoms with Gasteiger partial charge in [0.15, 0.2) is 0 Å². The second-order valence-corrected chi connectivity index (χ2v) is 7.78. The first-order valence-corrected chi connectivity index (χ1v) is 9.05. The van der Waals surface area contributed by atoms with Crippen molar-refractivity contribution in [3.63, 3.8) is 0 Å². The van der Waals surface area contributed by atoms with Gasteiger partial charge in [0.2, 0.25) is 15.9 Å². The van der Waals surface area contributed by atoms with E-state index in [0.29, 0.717) is 19.5 Å². The molecule has 22 heavy (non-hydrogen) atoms. The van der Waals surface area contributed by atoms with Crippen LogP contribution in [0.4, 0.5) is 0 Å². The number of nitrogens with zero attached hydrogens (tertiary/aromatic N) is 2. The Kier molecular flexibility index (Phi) is 4.16. The third kappa shape index (κ3) is 3.29. The maximum Gasteiger partial charge on any atom is 0.226 e. The average molecular weight is 325 g/mol. The average Bonchev–Trinajstić information content (AvgIpc) is 2.79. The number of fused-ring (bicyclic) bond motifs is 2. The van der Waals surface area contributed by atoms with E-state index < -0.39 is 10.0 Å². The van der Waals surface area contributed by atoms with Crippen molar-refractivity contribution in [2.24, 2.45) is 5.92 Å². The van der Waals surface area contributed by atoms with E-state index in [1.807, 2.05) is 12.1 Å². The molecule has 1 aromatic heterocycles. The molecule has 2 saturated heterocycles. The number of sulfonamides is 1. The van der Waals surface area contributed by atoms with Gasteiger partial charge in [0.05, 0.1) is 24.4 Å². The van der Waals surface area contributed by atoms with E-state index in [4.69, 9.17) is 4.74 Å². The van der Waals surface area contributed by atoms with Gasteiger partial charge in [-0.2, -0.15) is 4.31 Å². The third-order valence-electron chi connectivity index (χ3n) is 4.12. The minimum Gasteiger partial charge on any atom is -0.371 e. The highest BCUT2D eigenvalue weighted by Crippen LogP contribution is 2.32. The van der Waals surface area contributed by atoms with E-state index in [1.165, 1.54) is 10.6 Å². The van der Waals surface area contributed by atoms with Gasteiger partial charge >= 0.3 is 0 Å². The van der Waals surface area contributed by atoms with Crippen LogP contribution in [0.15, 0.2) is 24.5 Å². The van der Waals surface area contributed by atoms with E-state index >= 15 is 0 Å². The topological polar surface area (TPSA) is 88.6 Å². The molecule has 1 N–H and O–H groups in total. The smallest absolute Gasteiger partial charge is 0.226 e. The van der Waals surface area contributed by atoms with E-state index in [-0.39, 0.29) is 30.6 Å². The van der Waals surface area contributed by atoms with Gasteiger partial charge in [-0.1, -0.05) is 6.07 Å². The Hall–Kier alpha value is -1.51. The minimum absolute atomic E-state index is 0.0910. The highest BCUT2D eigenvalue weighted by Gasteiger charge is 2.46. The van der Waals surface area contributed by atoms with Gasteiger partial charge < -0.3 is 10.1 Å².